The second-order valence-corrected chi connectivity index (χ2v) is 3.69. The summed E-state index contributed by atoms with van der Waals surface area (Å²) < 4.78 is 9.97. The Morgan fingerprint density at radius 1 is 1.26 bits per heavy atom. The molecule has 0 saturated carbocycles. The van der Waals surface area contributed by atoms with Crippen LogP contribution in [0.25, 0.3) is 0 Å². The van der Waals surface area contributed by atoms with Crippen LogP contribution >= 0.6 is 0 Å². The maximum Gasteiger partial charge on any atom is 0.320 e. The molecule has 0 heterocycles. The van der Waals surface area contributed by atoms with Crippen molar-refractivity contribution in [2.24, 2.45) is 5.73 Å². The van der Waals surface area contributed by atoms with Crippen molar-refractivity contribution < 1.29 is 29.0 Å². The molecule has 0 aliphatic carbocycles. The van der Waals surface area contributed by atoms with Gasteiger partial charge in [0.2, 0.25) is 5.91 Å². The summed E-state index contributed by atoms with van der Waals surface area (Å²) in [5.41, 5.74) is 5.26. The first kappa shape index (κ1) is 17.5. The minimum absolute atomic E-state index is 0.0456. The van der Waals surface area contributed by atoms with Gasteiger partial charge in [0, 0.05) is 13.0 Å². The molecule has 4 N–H and O–H groups in total. The number of aliphatic carboxylic acids is 1. The molecule has 1 atom stereocenters. The van der Waals surface area contributed by atoms with Crippen LogP contribution in [0, 0.1) is 0 Å². The molecule has 0 bridgehead atoms. The van der Waals surface area contributed by atoms with Gasteiger partial charge in [0.15, 0.2) is 0 Å². The quantitative estimate of drug-likeness (QED) is 0.293. The zero-order chi connectivity index (χ0) is 14.5. The van der Waals surface area contributed by atoms with Crippen LogP contribution in [-0.2, 0) is 23.9 Å². The fourth-order valence-electron chi connectivity index (χ4n) is 1.11. The third kappa shape index (κ3) is 11.3. The van der Waals surface area contributed by atoms with E-state index in [2.05, 4.69) is 5.32 Å². The second-order valence-electron chi connectivity index (χ2n) is 3.69. The molecule has 0 aliphatic rings. The molecule has 0 fully saturated rings. The first-order chi connectivity index (χ1) is 9.07. The number of carbonyl (C=O) groups excluding carboxylic acids is 2. The summed E-state index contributed by atoms with van der Waals surface area (Å²) in [6.45, 7) is 1.35. The van der Waals surface area contributed by atoms with E-state index < -0.39 is 12.0 Å². The van der Waals surface area contributed by atoms with Crippen LogP contribution in [0.2, 0.25) is 0 Å². The number of hydrogen-bond acceptors (Lipinski definition) is 6. The summed E-state index contributed by atoms with van der Waals surface area (Å²) in [6.07, 6.45) is 0.819. The normalized spacial score (nSPS) is 11.8. The molecule has 19 heavy (non-hydrogen) atoms. The molecule has 8 heteroatoms. The number of aldehydes is 1. The number of carbonyl (C=O) groups is 3. The fourth-order valence-corrected chi connectivity index (χ4v) is 1.11. The van der Waals surface area contributed by atoms with E-state index in [4.69, 9.17) is 20.3 Å². The number of ether oxygens (including phenoxy) is 2. The number of carboxylic acids is 1. The Balaban J connectivity index is 3.34. The third-order valence-corrected chi connectivity index (χ3v) is 2.13. The van der Waals surface area contributed by atoms with Crippen molar-refractivity contribution in [3.8, 4) is 0 Å². The van der Waals surface area contributed by atoms with Crippen molar-refractivity contribution in [2.75, 3.05) is 33.0 Å². The number of amides is 1. The molecule has 1 amide bonds. The SMILES string of the molecule is N[C@@H](CCC(=O)NCCOCCOCC=O)C(=O)O. The van der Waals surface area contributed by atoms with Gasteiger partial charge in [-0.2, -0.15) is 0 Å². The average molecular weight is 276 g/mol. The molecule has 0 aromatic rings. The number of hydrogen-bond donors (Lipinski definition) is 3. The van der Waals surface area contributed by atoms with Crippen LogP contribution in [0.1, 0.15) is 12.8 Å². The van der Waals surface area contributed by atoms with Crippen LogP contribution in [0.15, 0.2) is 0 Å². The highest BCUT2D eigenvalue weighted by atomic mass is 16.5. The fraction of sp³-hybridized carbons (Fsp3) is 0.727. The second kappa shape index (κ2) is 11.6. The van der Waals surface area contributed by atoms with E-state index in [-0.39, 0.29) is 25.4 Å². The number of carboxylic acid groups (broad SMARTS) is 1. The predicted molar refractivity (Wildman–Crippen MR) is 65.6 cm³/mol. The average Bonchev–Trinajstić information content (AvgIpc) is 2.38. The monoisotopic (exact) mass is 276 g/mol. The van der Waals surface area contributed by atoms with Crippen molar-refractivity contribution in [1.82, 2.24) is 5.32 Å². The lowest BCUT2D eigenvalue weighted by Gasteiger charge is -2.08. The molecule has 0 aromatic carbocycles. The number of nitrogens with two attached hydrogens (primary N) is 1. The van der Waals surface area contributed by atoms with Gasteiger partial charge >= 0.3 is 5.97 Å². The Kier molecular flexibility index (Phi) is 10.7. The Morgan fingerprint density at radius 3 is 2.58 bits per heavy atom. The summed E-state index contributed by atoms with van der Waals surface area (Å²) in [4.78, 5) is 31.6. The van der Waals surface area contributed by atoms with Crippen LogP contribution < -0.4 is 11.1 Å². The third-order valence-electron chi connectivity index (χ3n) is 2.13. The van der Waals surface area contributed by atoms with Gasteiger partial charge in [0.25, 0.3) is 0 Å². The van der Waals surface area contributed by atoms with Gasteiger partial charge in [0.1, 0.15) is 18.9 Å². The zero-order valence-corrected chi connectivity index (χ0v) is 10.7. The van der Waals surface area contributed by atoms with Gasteiger partial charge in [-0.15, -0.1) is 0 Å². The van der Waals surface area contributed by atoms with Crippen LogP contribution in [0.5, 0.6) is 0 Å². The molecule has 0 unspecified atom stereocenters. The molecule has 0 aromatic heterocycles. The molecular weight excluding hydrogens is 256 g/mol. The van der Waals surface area contributed by atoms with Crippen LogP contribution in [0.4, 0.5) is 0 Å². The first-order valence-electron chi connectivity index (χ1n) is 5.92. The predicted octanol–water partition coefficient (Wildman–Crippen LogP) is -1.47. The van der Waals surface area contributed by atoms with Gasteiger partial charge in [-0.05, 0) is 6.42 Å². The molecule has 8 nitrogen and oxygen atoms in total. The Hall–Kier alpha value is -1.51. The Morgan fingerprint density at radius 2 is 1.95 bits per heavy atom. The summed E-state index contributed by atoms with van der Waals surface area (Å²) >= 11 is 0. The van der Waals surface area contributed by atoms with Gasteiger partial charge in [0.05, 0.1) is 19.8 Å². The highest BCUT2D eigenvalue weighted by Crippen LogP contribution is 1.94. The van der Waals surface area contributed by atoms with Gasteiger partial charge < -0.3 is 30.4 Å². The molecule has 0 spiro atoms. The first-order valence-corrected chi connectivity index (χ1v) is 5.92. The molecular formula is C11H20N2O6. The van der Waals surface area contributed by atoms with Gasteiger partial charge in [-0.3, -0.25) is 9.59 Å². The summed E-state index contributed by atoms with van der Waals surface area (Å²) in [7, 11) is 0. The Bertz CT molecular complexity index is 284. The van der Waals surface area contributed by atoms with E-state index in [9.17, 15) is 14.4 Å². The maximum atomic E-state index is 11.3. The van der Waals surface area contributed by atoms with Crippen molar-refractivity contribution in [3.05, 3.63) is 0 Å². The molecule has 110 valence electrons. The lowest BCUT2D eigenvalue weighted by molar-refractivity contribution is -0.138. The highest BCUT2D eigenvalue weighted by molar-refractivity contribution is 5.78. The Labute approximate surface area is 111 Å². The smallest absolute Gasteiger partial charge is 0.320 e. The highest BCUT2D eigenvalue weighted by Gasteiger charge is 2.12. The van der Waals surface area contributed by atoms with Crippen molar-refractivity contribution >= 4 is 18.2 Å². The van der Waals surface area contributed by atoms with E-state index in [1.807, 2.05) is 0 Å². The molecule has 0 aliphatic heterocycles. The molecule has 0 saturated heterocycles. The lowest BCUT2D eigenvalue weighted by atomic mass is 10.1. The summed E-state index contributed by atoms with van der Waals surface area (Å²) in [6, 6.07) is -1.02. The van der Waals surface area contributed by atoms with E-state index in [1.165, 1.54) is 0 Å². The summed E-state index contributed by atoms with van der Waals surface area (Å²) in [5.74, 6) is -1.39. The van der Waals surface area contributed by atoms with E-state index in [0.29, 0.717) is 32.7 Å². The standard InChI is InChI=1S/C11H20N2O6/c12-9(11(16)17)1-2-10(15)13-3-5-18-7-8-19-6-4-14/h4,9H,1-3,5-8,12H2,(H,13,15)(H,16,17)/t9-/m0/s1. The topological polar surface area (TPSA) is 128 Å². The van der Waals surface area contributed by atoms with Crippen molar-refractivity contribution in [2.45, 2.75) is 18.9 Å². The van der Waals surface area contributed by atoms with Crippen LogP contribution in [0.3, 0.4) is 0 Å². The van der Waals surface area contributed by atoms with E-state index >= 15 is 0 Å². The van der Waals surface area contributed by atoms with E-state index in [1.54, 1.807) is 0 Å². The molecule has 0 radical (unpaired) electrons. The minimum atomic E-state index is -1.12. The molecule has 0 rings (SSSR count). The van der Waals surface area contributed by atoms with Crippen LogP contribution in [-0.4, -0.2) is 62.3 Å². The van der Waals surface area contributed by atoms with Gasteiger partial charge in [-0.25, -0.2) is 0 Å². The van der Waals surface area contributed by atoms with Gasteiger partial charge in [-0.1, -0.05) is 0 Å². The van der Waals surface area contributed by atoms with Crippen molar-refractivity contribution in [1.29, 1.82) is 0 Å². The number of rotatable bonds is 12. The lowest BCUT2D eigenvalue weighted by Crippen LogP contribution is -2.33. The van der Waals surface area contributed by atoms with Crippen molar-refractivity contribution in [3.63, 3.8) is 0 Å². The maximum absolute atomic E-state index is 11.3. The zero-order valence-electron chi connectivity index (χ0n) is 10.7. The minimum Gasteiger partial charge on any atom is -0.480 e. The number of nitrogens with one attached hydrogen (secondary N) is 1. The van der Waals surface area contributed by atoms with E-state index in [0.717, 1.165) is 0 Å². The summed E-state index contributed by atoms with van der Waals surface area (Å²) in [5, 5.41) is 11.1. The largest absolute Gasteiger partial charge is 0.480 e.